The van der Waals surface area contributed by atoms with E-state index >= 15 is 0 Å². The molecule has 0 rings (SSSR count). The molecule has 0 aliphatic heterocycles. The molecule has 0 fully saturated rings. The number of esters is 1. The lowest BCUT2D eigenvalue weighted by Gasteiger charge is -2.21. The first-order chi connectivity index (χ1) is 14.1. The maximum absolute atomic E-state index is 12.0. The Morgan fingerprint density at radius 3 is 1.87 bits per heavy atom. The van der Waals surface area contributed by atoms with Crippen molar-refractivity contribution in [1.29, 1.82) is 0 Å². The summed E-state index contributed by atoms with van der Waals surface area (Å²) in [4.78, 5) is 23.8. The largest absolute Gasteiger partial charge is 0.467 e. The molecule has 2 unspecified atom stereocenters. The highest BCUT2D eigenvalue weighted by Crippen LogP contribution is 2.13. The molecule has 0 bridgehead atoms. The maximum Gasteiger partial charge on any atom is 0.408 e. The zero-order chi connectivity index (χ0) is 23.1. The highest BCUT2D eigenvalue weighted by Gasteiger charge is 2.26. The summed E-state index contributed by atoms with van der Waals surface area (Å²) >= 11 is 0. The molecule has 31 heavy (non-hydrogen) atoms. The van der Waals surface area contributed by atoms with Crippen LogP contribution in [0.4, 0.5) is 4.79 Å². The fraction of sp³-hybridized carbons (Fsp3) is 0.680. The van der Waals surface area contributed by atoms with Gasteiger partial charge in [-0.25, -0.2) is 9.59 Å². The van der Waals surface area contributed by atoms with Crippen molar-refractivity contribution in [2.24, 2.45) is 5.92 Å². The van der Waals surface area contributed by atoms with Crippen LogP contribution in [0.15, 0.2) is 34.9 Å². The number of methoxy groups -OCH3 is 1. The predicted molar refractivity (Wildman–Crippen MR) is 135 cm³/mol. The molecule has 0 heterocycles. The third-order valence-corrected chi connectivity index (χ3v) is 4.89. The van der Waals surface area contributed by atoms with Gasteiger partial charge in [0.25, 0.3) is 0 Å². The third kappa shape index (κ3) is 16.6. The van der Waals surface area contributed by atoms with Gasteiger partial charge in [-0.3, -0.25) is 0 Å². The second-order valence-corrected chi connectivity index (χ2v) is 8.64. The highest BCUT2D eigenvalue weighted by molar-refractivity contribution is 7.59. The second-order valence-electron chi connectivity index (χ2n) is 8.64. The molecule has 0 aliphatic carbocycles. The van der Waals surface area contributed by atoms with E-state index in [2.05, 4.69) is 51.2 Å². The zero-order valence-electron chi connectivity index (χ0n) is 20.8. The van der Waals surface area contributed by atoms with Crippen molar-refractivity contribution < 1.29 is 19.1 Å². The van der Waals surface area contributed by atoms with Gasteiger partial charge in [0.15, 0.2) is 0 Å². The molecular weight excluding hydrogens is 410 g/mol. The summed E-state index contributed by atoms with van der Waals surface area (Å²) in [7, 11) is 1.31. The SMILES string of the molecule is COC(=O)C(NC(=O)OC(C)CC/C=C(\C)CC/C=C(\C)CCC=C(C)C)C(C)C.S. The monoisotopic (exact) mass is 455 g/mol. The molecule has 1 N–H and O–H groups in total. The molecule has 1 amide bonds. The van der Waals surface area contributed by atoms with Crippen molar-refractivity contribution in [2.75, 3.05) is 7.11 Å². The molecule has 0 aromatic carbocycles. The van der Waals surface area contributed by atoms with Crippen molar-refractivity contribution in [3.05, 3.63) is 34.9 Å². The van der Waals surface area contributed by atoms with Crippen LogP contribution in [0.2, 0.25) is 0 Å². The lowest BCUT2D eigenvalue weighted by molar-refractivity contribution is -0.144. The van der Waals surface area contributed by atoms with Crippen LogP contribution in [-0.2, 0) is 14.3 Å². The summed E-state index contributed by atoms with van der Waals surface area (Å²) in [5.41, 5.74) is 4.17. The maximum atomic E-state index is 12.0. The Hall–Kier alpha value is -1.69. The van der Waals surface area contributed by atoms with Gasteiger partial charge in [0.1, 0.15) is 12.1 Å². The van der Waals surface area contributed by atoms with Gasteiger partial charge in [-0.05, 0) is 79.1 Å². The Morgan fingerprint density at radius 2 is 1.39 bits per heavy atom. The van der Waals surface area contributed by atoms with Gasteiger partial charge in [-0.2, -0.15) is 13.5 Å². The summed E-state index contributed by atoms with van der Waals surface area (Å²) in [6.45, 7) is 14.2. The molecule has 2 atom stereocenters. The summed E-state index contributed by atoms with van der Waals surface area (Å²) in [5.74, 6) is -0.537. The first kappa shape index (κ1) is 31.5. The lowest BCUT2D eigenvalue weighted by atomic mass is 10.1. The Labute approximate surface area is 197 Å². The van der Waals surface area contributed by atoms with Gasteiger partial charge < -0.3 is 14.8 Å². The van der Waals surface area contributed by atoms with Crippen molar-refractivity contribution in [3.63, 3.8) is 0 Å². The van der Waals surface area contributed by atoms with Crippen LogP contribution in [0.25, 0.3) is 0 Å². The van der Waals surface area contributed by atoms with Crippen LogP contribution in [0, 0.1) is 5.92 Å². The topological polar surface area (TPSA) is 64.6 Å². The predicted octanol–water partition coefficient (Wildman–Crippen LogP) is 6.61. The molecular formula is C25H45NO4S. The Kier molecular flexibility index (Phi) is 18.2. The van der Waals surface area contributed by atoms with E-state index in [-0.39, 0.29) is 25.5 Å². The standard InChI is InChI=1S/C25H43NO4.H2S/c1-18(2)12-9-13-20(5)14-10-15-21(6)16-11-17-22(7)30-25(28)26-23(19(3)4)24(27)29-8;/h12,14,16,19,22-23H,9-11,13,15,17H2,1-8H3,(H,26,28);1H2/b20-14+,21-16+;. The van der Waals surface area contributed by atoms with Crippen molar-refractivity contribution >= 4 is 25.6 Å². The number of hydrogen-bond donors (Lipinski definition) is 1. The average Bonchev–Trinajstić information content (AvgIpc) is 2.64. The van der Waals surface area contributed by atoms with E-state index in [0.29, 0.717) is 0 Å². The minimum absolute atomic E-state index is 0. The number of carbonyl (C=O) groups is 2. The number of allylic oxidation sites excluding steroid dienone is 6. The van der Waals surface area contributed by atoms with Crippen molar-refractivity contribution in [3.8, 4) is 0 Å². The van der Waals surface area contributed by atoms with Crippen LogP contribution in [0.1, 0.15) is 87.0 Å². The van der Waals surface area contributed by atoms with Crippen LogP contribution in [0.5, 0.6) is 0 Å². The minimum Gasteiger partial charge on any atom is -0.467 e. The van der Waals surface area contributed by atoms with E-state index in [0.717, 1.165) is 38.5 Å². The van der Waals surface area contributed by atoms with Gasteiger partial charge in [0, 0.05) is 0 Å². The van der Waals surface area contributed by atoms with E-state index in [9.17, 15) is 9.59 Å². The number of nitrogens with one attached hydrogen (secondary N) is 1. The van der Waals surface area contributed by atoms with Crippen molar-refractivity contribution in [1.82, 2.24) is 5.32 Å². The van der Waals surface area contributed by atoms with Crippen LogP contribution in [-0.4, -0.2) is 31.3 Å². The van der Waals surface area contributed by atoms with E-state index in [1.54, 1.807) is 0 Å². The normalized spacial score (nSPS) is 13.7. The van der Waals surface area contributed by atoms with E-state index in [1.807, 2.05) is 20.8 Å². The van der Waals surface area contributed by atoms with Gasteiger partial charge in [0.05, 0.1) is 7.11 Å². The van der Waals surface area contributed by atoms with Gasteiger partial charge in [-0.15, -0.1) is 0 Å². The van der Waals surface area contributed by atoms with E-state index in [4.69, 9.17) is 9.47 Å². The van der Waals surface area contributed by atoms with Crippen LogP contribution < -0.4 is 5.32 Å². The summed E-state index contributed by atoms with van der Waals surface area (Å²) < 4.78 is 10.1. The Morgan fingerprint density at radius 1 is 0.871 bits per heavy atom. The highest BCUT2D eigenvalue weighted by atomic mass is 32.1. The van der Waals surface area contributed by atoms with Gasteiger partial charge in [-0.1, -0.05) is 48.8 Å². The number of ether oxygens (including phenoxy) is 2. The minimum atomic E-state index is -0.699. The Bertz CT molecular complexity index is 619. The molecule has 180 valence electrons. The number of alkyl carbamates (subject to hydrolysis) is 1. The lowest BCUT2D eigenvalue weighted by Crippen LogP contribution is -2.45. The first-order valence-electron chi connectivity index (χ1n) is 11.1. The summed E-state index contributed by atoms with van der Waals surface area (Å²) in [6.07, 6.45) is 12.0. The third-order valence-electron chi connectivity index (χ3n) is 4.89. The van der Waals surface area contributed by atoms with Crippen LogP contribution >= 0.6 is 13.5 Å². The average molecular weight is 456 g/mol. The molecule has 0 spiro atoms. The number of rotatable bonds is 13. The van der Waals surface area contributed by atoms with E-state index in [1.165, 1.54) is 23.8 Å². The second kappa shape index (κ2) is 17.9. The Balaban J connectivity index is 0. The number of amides is 1. The molecule has 0 aliphatic rings. The zero-order valence-corrected chi connectivity index (χ0v) is 21.8. The first-order valence-corrected chi connectivity index (χ1v) is 11.1. The van der Waals surface area contributed by atoms with Crippen molar-refractivity contribution in [2.45, 2.75) is 99.1 Å². The quantitative estimate of drug-likeness (QED) is 0.251. The molecule has 0 aromatic rings. The van der Waals surface area contributed by atoms with Gasteiger partial charge >= 0.3 is 12.1 Å². The molecule has 6 heteroatoms. The summed E-state index contributed by atoms with van der Waals surface area (Å²) in [5, 5.41) is 2.60. The molecule has 0 saturated carbocycles. The molecule has 0 saturated heterocycles. The van der Waals surface area contributed by atoms with Crippen LogP contribution in [0.3, 0.4) is 0 Å². The fourth-order valence-corrected chi connectivity index (χ4v) is 2.93. The number of carbonyl (C=O) groups excluding carboxylic acids is 2. The molecule has 0 radical (unpaired) electrons. The number of hydrogen-bond acceptors (Lipinski definition) is 4. The van der Waals surface area contributed by atoms with Gasteiger partial charge in [0.2, 0.25) is 0 Å². The molecule has 5 nitrogen and oxygen atoms in total. The smallest absolute Gasteiger partial charge is 0.408 e. The van der Waals surface area contributed by atoms with E-state index < -0.39 is 18.1 Å². The molecule has 0 aromatic heterocycles. The fourth-order valence-electron chi connectivity index (χ4n) is 2.93. The summed E-state index contributed by atoms with van der Waals surface area (Å²) in [6, 6.07) is -0.699.